The van der Waals surface area contributed by atoms with Crippen LogP contribution in [0.3, 0.4) is 0 Å². The Morgan fingerprint density at radius 1 is 0.312 bits per heavy atom. The van der Waals surface area contributed by atoms with E-state index in [1.165, 1.54) is 82.6 Å². The second-order valence-corrected chi connectivity index (χ2v) is 12.6. The van der Waals surface area contributed by atoms with Crippen LogP contribution in [0, 0.1) is 0 Å². The summed E-state index contributed by atoms with van der Waals surface area (Å²) in [7, 11) is 0. The summed E-state index contributed by atoms with van der Waals surface area (Å²) in [4.78, 5) is 4.85. The highest BCUT2D eigenvalue weighted by atomic mass is 14.7. The number of benzene rings is 8. The smallest absolute Gasteiger partial charge is 0.0780 e. The molecule has 10 rings (SSSR count). The molecule has 0 bridgehead atoms. The zero-order valence-corrected chi connectivity index (χ0v) is 26.2. The minimum Gasteiger partial charge on any atom is -0.256 e. The van der Waals surface area contributed by atoms with Crippen LogP contribution in [-0.4, -0.2) is 4.98 Å². The molecule has 1 aliphatic rings. The van der Waals surface area contributed by atoms with E-state index in [2.05, 4.69) is 170 Å². The Morgan fingerprint density at radius 2 is 0.854 bits per heavy atom. The predicted octanol–water partition coefficient (Wildman–Crippen LogP) is 12.9. The van der Waals surface area contributed by atoms with E-state index >= 15 is 0 Å². The molecule has 0 aliphatic heterocycles. The summed E-state index contributed by atoms with van der Waals surface area (Å²) in [6.45, 7) is 0. The molecule has 0 saturated carbocycles. The van der Waals surface area contributed by atoms with Crippen LogP contribution in [-0.2, 0) is 0 Å². The van der Waals surface area contributed by atoms with Crippen LogP contribution >= 0.6 is 0 Å². The van der Waals surface area contributed by atoms with Gasteiger partial charge < -0.3 is 0 Å². The molecule has 0 saturated heterocycles. The lowest BCUT2D eigenvalue weighted by atomic mass is 9.82. The molecule has 0 amide bonds. The van der Waals surface area contributed by atoms with Crippen molar-refractivity contribution in [3.8, 4) is 66.9 Å². The van der Waals surface area contributed by atoms with Crippen molar-refractivity contribution in [2.45, 2.75) is 0 Å². The third-order valence-corrected chi connectivity index (χ3v) is 10.0. The molecule has 1 nitrogen and oxygen atoms in total. The van der Waals surface area contributed by atoms with Gasteiger partial charge in [-0.05, 0) is 101 Å². The number of nitrogens with zero attached hydrogens (tertiary/aromatic N) is 1. The third-order valence-electron chi connectivity index (χ3n) is 10.0. The van der Waals surface area contributed by atoms with Gasteiger partial charge in [0, 0.05) is 17.1 Å². The molecule has 1 aromatic heterocycles. The molecule has 8 aromatic carbocycles. The molecule has 0 fully saturated rings. The van der Waals surface area contributed by atoms with Gasteiger partial charge >= 0.3 is 0 Å². The Bertz CT molecular complexity index is 2690. The first-order valence-electron chi connectivity index (χ1n) is 16.6. The lowest BCUT2D eigenvalue weighted by Gasteiger charge is -2.20. The minimum atomic E-state index is 1.01. The molecule has 1 heterocycles. The van der Waals surface area contributed by atoms with Crippen LogP contribution in [0.4, 0.5) is 0 Å². The lowest BCUT2D eigenvalue weighted by molar-refractivity contribution is 1.36. The largest absolute Gasteiger partial charge is 0.256 e. The van der Waals surface area contributed by atoms with Crippen molar-refractivity contribution < 1.29 is 0 Å². The van der Waals surface area contributed by atoms with Gasteiger partial charge in [0.25, 0.3) is 0 Å². The van der Waals surface area contributed by atoms with Crippen molar-refractivity contribution >= 4 is 32.3 Å². The zero-order valence-electron chi connectivity index (χ0n) is 26.2. The first-order chi connectivity index (χ1) is 23.8. The summed E-state index contributed by atoms with van der Waals surface area (Å²) in [5.41, 5.74) is 14.9. The average molecular weight is 608 g/mol. The molecule has 0 radical (unpaired) electrons. The standard InChI is InChI=1S/C47H29N/c1-4-14-30(15-5-1)43-37-21-10-11-22-38(37)44(31-16-6-2-7-17-31)46-41-29-34(28-33-20-12-25-40(42(33)41)45(43)46)35-23-13-24-39-36(35)26-27-48-47(39)32-18-8-3-9-19-32/h1-29H. The quantitative estimate of drug-likeness (QED) is 0.194. The molecule has 48 heavy (non-hydrogen) atoms. The van der Waals surface area contributed by atoms with Gasteiger partial charge in [0.05, 0.1) is 5.69 Å². The molecule has 0 N–H and O–H groups in total. The maximum Gasteiger partial charge on any atom is 0.0780 e. The van der Waals surface area contributed by atoms with Gasteiger partial charge in [0.1, 0.15) is 0 Å². The van der Waals surface area contributed by atoms with Crippen molar-refractivity contribution in [3.63, 3.8) is 0 Å². The lowest BCUT2D eigenvalue weighted by Crippen LogP contribution is -1.93. The fourth-order valence-corrected chi connectivity index (χ4v) is 8.06. The summed E-state index contributed by atoms with van der Waals surface area (Å²) in [5, 5.41) is 7.51. The van der Waals surface area contributed by atoms with E-state index in [9.17, 15) is 0 Å². The minimum absolute atomic E-state index is 1.01. The normalized spacial score (nSPS) is 11.8. The van der Waals surface area contributed by atoms with Crippen LogP contribution in [0.1, 0.15) is 0 Å². The van der Waals surface area contributed by atoms with E-state index in [0.717, 1.165) is 16.6 Å². The van der Waals surface area contributed by atoms with Crippen LogP contribution in [0.5, 0.6) is 0 Å². The summed E-state index contributed by atoms with van der Waals surface area (Å²) in [6, 6.07) is 61.8. The van der Waals surface area contributed by atoms with Crippen LogP contribution in [0.2, 0.25) is 0 Å². The van der Waals surface area contributed by atoms with Gasteiger partial charge in [0.2, 0.25) is 0 Å². The second-order valence-electron chi connectivity index (χ2n) is 12.6. The first-order valence-corrected chi connectivity index (χ1v) is 16.6. The summed E-state index contributed by atoms with van der Waals surface area (Å²) >= 11 is 0. The fourth-order valence-electron chi connectivity index (χ4n) is 8.06. The van der Waals surface area contributed by atoms with Crippen LogP contribution in [0.25, 0.3) is 99.2 Å². The maximum absolute atomic E-state index is 4.85. The molecule has 9 aromatic rings. The highest BCUT2D eigenvalue weighted by molar-refractivity contribution is 6.28. The Labute approximate surface area is 279 Å². The monoisotopic (exact) mass is 607 g/mol. The molecule has 222 valence electrons. The molecular formula is C47H29N. The maximum atomic E-state index is 4.85. The Hall–Kier alpha value is -6.31. The highest BCUT2D eigenvalue weighted by Gasteiger charge is 2.31. The topological polar surface area (TPSA) is 12.9 Å². The predicted molar refractivity (Wildman–Crippen MR) is 203 cm³/mol. The van der Waals surface area contributed by atoms with E-state index in [4.69, 9.17) is 4.98 Å². The molecule has 0 unspecified atom stereocenters. The first kappa shape index (κ1) is 26.9. The van der Waals surface area contributed by atoms with Crippen molar-refractivity contribution in [2.75, 3.05) is 0 Å². The van der Waals surface area contributed by atoms with E-state index in [-0.39, 0.29) is 0 Å². The van der Waals surface area contributed by atoms with E-state index in [0.29, 0.717) is 0 Å². The van der Waals surface area contributed by atoms with E-state index in [1.54, 1.807) is 0 Å². The van der Waals surface area contributed by atoms with Crippen molar-refractivity contribution in [3.05, 3.63) is 176 Å². The summed E-state index contributed by atoms with van der Waals surface area (Å²) in [5.74, 6) is 0. The molecule has 1 heteroatoms. The molecule has 0 spiro atoms. The fraction of sp³-hybridized carbons (Fsp3) is 0. The highest BCUT2D eigenvalue weighted by Crippen LogP contribution is 2.58. The van der Waals surface area contributed by atoms with Crippen LogP contribution < -0.4 is 0 Å². The Kier molecular flexibility index (Phi) is 5.94. The Balaban J connectivity index is 1.33. The zero-order chi connectivity index (χ0) is 31.6. The number of rotatable bonds is 4. The number of pyridine rings is 1. The van der Waals surface area contributed by atoms with Gasteiger partial charge in [-0.15, -0.1) is 0 Å². The van der Waals surface area contributed by atoms with Gasteiger partial charge in [-0.1, -0.05) is 152 Å². The second kappa shape index (κ2) is 10.6. The number of hydrogen-bond donors (Lipinski definition) is 0. The van der Waals surface area contributed by atoms with Crippen molar-refractivity contribution in [2.24, 2.45) is 0 Å². The summed E-state index contributed by atoms with van der Waals surface area (Å²) < 4.78 is 0. The van der Waals surface area contributed by atoms with E-state index in [1.807, 2.05) is 6.20 Å². The molecular weight excluding hydrogens is 579 g/mol. The average Bonchev–Trinajstić information content (AvgIpc) is 3.48. The van der Waals surface area contributed by atoms with Crippen molar-refractivity contribution in [1.82, 2.24) is 4.98 Å². The third kappa shape index (κ3) is 3.95. The molecule has 1 aliphatic carbocycles. The van der Waals surface area contributed by atoms with Crippen molar-refractivity contribution in [1.29, 1.82) is 0 Å². The number of aromatic nitrogens is 1. The summed E-state index contributed by atoms with van der Waals surface area (Å²) in [6.07, 6.45) is 1.95. The van der Waals surface area contributed by atoms with Gasteiger partial charge in [-0.25, -0.2) is 0 Å². The SMILES string of the molecule is c1ccc(-c2nccc3c(-c4cc5c6c(cccc6c4)-c4c-5c(-c5ccccc5)c5ccccc5c4-c4ccccc4)cccc23)cc1. The van der Waals surface area contributed by atoms with Gasteiger partial charge in [-0.2, -0.15) is 0 Å². The van der Waals surface area contributed by atoms with Gasteiger partial charge in [-0.3, -0.25) is 4.98 Å². The number of hydrogen-bond acceptors (Lipinski definition) is 1. The molecule has 0 atom stereocenters. The Morgan fingerprint density at radius 3 is 1.52 bits per heavy atom. The number of fused-ring (bicyclic) bond motifs is 5. The van der Waals surface area contributed by atoms with E-state index < -0.39 is 0 Å². The van der Waals surface area contributed by atoms with Crippen LogP contribution in [0.15, 0.2) is 176 Å². The van der Waals surface area contributed by atoms with Gasteiger partial charge in [0.15, 0.2) is 0 Å².